The molecule has 0 radical (unpaired) electrons. The van der Waals surface area contributed by atoms with E-state index < -0.39 is 0 Å². The van der Waals surface area contributed by atoms with Crippen LogP contribution in [-0.4, -0.2) is 71.8 Å². The highest BCUT2D eigenvalue weighted by molar-refractivity contribution is 5.93. The number of nitrogens with one attached hydrogen (secondary N) is 3. The Kier molecular flexibility index (Phi) is 6.26. The SMILES string of the molecule is O=C(N[C@H]1CC[C@@H](C(=O)NCC2CC2)CN(C2CCOCC2)C1)c1cn[nH]c1. The summed E-state index contributed by atoms with van der Waals surface area (Å²) in [5, 5.41) is 12.8. The van der Waals surface area contributed by atoms with Gasteiger partial charge in [-0.25, -0.2) is 0 Å². The molecule has 3 fully saturated rings. The summed E-state index contributed by atoms with van der Waals surface area (Å²) >= 11 is 0. The molecule has 0 bridgehead atoms. The first-order valence-corrected chi connectivity index (χ1v) is 10.6. The van der Waals surface area contributed by atoms with Crippen LogP contribution in [0.15, 0.2) is 12.4 Å². The number of likely N-dealkylation sites (tertiary alicyclic amines) is 1. The maximum atomic E-state index is 12.8. The standard InChI is InChI=1S/C20H31N5O3/c26-19(21-9-14-1-2-14)15-3-4-17(24-20(27)16-10-22-23-11-16)13-25(12-15)18-5-7-28-8-6-18/h10-11,14-15,17-18H,1-9,12-13H2,(H,21,26)(H,22,23)(H,24,27)/t15-,17+/m1/s1. The smallest absolute Gasteiger partial charge is 0.254 e. The summed E-state index contributed by atoms with van der Waals surface area (Å²) in [5.74, 6) is 0.730. The lowest BCUT2D eigenvalue weighted by atomic mass is 10.00. The largest absolute Gasteiger partial charge is 0.381 e. The minimum atomic E-state index is -0.109. The summed E-state index contributed by atoms with van der Waals surface area (Å²) in [4.78, 5) is 27.7. The van der Waals surface area contributed by atoms with Gasteiger partial charge in [0.15, 0.2) is 0 Å². The van der Waals surface area contributed by atoms with Crippen molar-refractivity contribution in [3.63, 3.8) is 0 Å². The molecule has 8 nitrogen and oxygen atoms in total. The van der Waals surface area contributed by atoms with Crippen molar-refractivity contribution in [1.29, 1.82) is 0 Å². The molecule has 28 heavy (non-hydrogen) atoms. The fourth-order valence-electron chi connectivity index (χ4n) is 4.26. The van der Waals surface area contributed by atoms with Gasteiger partial charge >= 0.3 is 0 Å². The third-order valence-electron chi connectivity index (χ3n) is 6.21. The normalized spacial score (nSPS) is 27.1. The number of hydrogen-bond acceptors (Lipinski definition) is 5. The summed E-state index contributed by atoms with van der Waals surface area (Å²) in [6.07, 6.45) is 9.20. The van der Waals surface area contributed by atoms with E-state index in [1.807, 2.05) is 0 Å². The van der Waals surface area contributed by atoms with Crippen molar-refractivity contribution in [2.45, 2.75) is 50.6 Å². The molecule has 1 aliphatic carbocycles. The summed E-state index contributed by atoms with van der Waals surface area (Å²) in [7, 11) is 0. The Morgan fingerprint density at radius 1 is 1.14 bits per heavy atom. The highest BCUT2D eigenvalue weighted by atomic mass is 16.5. The van der Waals surface area contributed by atoms with Crippen LogP contribution in [0.1, 0.15) is 48.9 Å². The van der Waals surface area contributed by atoms with E-state index in [4.69, 9.17) is 4.74 Å². The molecule has 0 spiro atoms. The van der Waals surface area contributed by atoms with Gasteiger partial charge in [0.1, 0.15) is 0 Å². The van der Waals surface area contributed by atoms with Crippen LogP contribution in [0.25, 0.3) is 0 Å². The quantitative estimate of drug-likeness (QED) is 0.672. The Morgan fingerprint density at radius 3 is 2.68 bits per heavy atom. The van der Waals surface area contributed by atoms with Gasteiger partial charge in [-0.3, -0.25) is 19.6 Å². The van der Waals surface area contributed by atoms with E-state index in [1.165, 1.54) is 19.0 Å². The molecule has 0 unspecified atom stereocenters. The highest BCUT2D eigenvalue weighted by Crippen LogP contribution is 2.28. The van der Waals surface area contributed by atoms with Gasteiger partial charge < -0.3 is 15.4 Å². The van der Waals surface area contributed by atoms with Gasteiger partial charge in [-0.05, 0) is 44.4 Å². The lowest BCUT2D eigenvalue weighted by Crippen LogP contribution is -2.49. The molecule has 3 N–H and O–H groups in total. The molecule has 0 aromatic carbocycles. The van der Waals surface area contributed by atoms with E-state index in [1.54, 1.807) is 6.20 Å². The zero-order valence-corrected chi connectivity index (χ0v) is 16.4. The summed E-state index contributed by atoms with van der Waals surface area (Å²) in [6, 6.07) is 0.449. The Hall–Kier alpha value is -1.93. The van der Waals surface area contributed by atoms with Crippen molar-refractivity contribution in [2.24, 2.45) is 11.8 Å². The van der Waals surface area contributed by atoms with Gasteiger partial charge in [0.25, 0.3) is 5.91 Å². The number of H-pyrrole nitrogens is 1. The van der Waals surface area contributed by atoms with Crippen LogP contribution in [0.4, 0.5) is 0 Å². The Labute approximate surface area is 165 Å². The number of amides is 2. The second-order valence-corrected chi connectivity index (χ2v) is 8.42. The van der Waals surface area contributed by atoms with E-state index >= 15 is 0 Å². The van der Waals surface area contributed by atoms with Gasteiger partial charge in [0.05, 0.1) is 17.7 Å². The van der Waals surface area contributed by atoms with Gasteiger partial charge in [0, 0.05) is 51.1 Å². The fourth-order valence-corrected chi connectivity index (χ4v) is 4.26. The van der Waals surface area contributed by atoms with E-state index in [2.05, 4.69) is 25.7 Å². The molecule has 8 heteroatoms. The number of rotatable bonds is 6. The molecule has 2 aliphatic heterocycles. The van der Waals surface area contributed by atoms with Crippen LogP contribution in [0.3, 0.4) is 0 Å². The number of nitrogens with zero attached hydrogens (tertiary/aromatic N) is 2. The maximum absolute atomic E-state index is 12.8. The lowest BCUT2D eigenvalue weighted by molar-refractivity contribution is -0.126. The first-order chi connectivity index (χ1) is 13.7. The molecule has 1 aromatic heterocycles. The van der Waals surface area contributed by atoms with E-state index in [0.29, 0.717) is 17.5 Å². The average molecular weight is 390 g/mol. The molecular formula is C20H31N5O3. The summed E-state index contributed by atoms with van der Waals surface area (Å²) < 4.78 is 5.52. The number of carbonyl (C=O) groups excluding carboxylic acids is 2. The van der Waals surface area contributed by atoms with Crippen molar-refractivity contribution in [3.8, 4) is 0 Å². The van der Waals surface area contributed by atoms with Crippen LogP contribution < -0.4 is 10.6 Å². The maximum Gasteiger partial charge on any atom is 0.254 e. The predicted molar refractivity (Wildman–Crippen MR) is 104 cm³/mol. The Balaban J connectivity index is 1.40. The van der Waals surface area contributed by atoms with E-state index in [9.17, 15) is 9.59 Å². The van der Waals surface area contributed by atoms with Gasteiger partial charge in [-0.2, -0.15) is 5.10 Å². The van der Waals surface area contributed by atoms with Crippen LogP contribution >= 0.6 is 0 Å². The molecule has 2 saturated heterocycles. The fraction of sp³-hybridized carbons (Fsp3) is 0.750. The Bertz CT molecular complexity index is 655. The number of carbonyl (C=O) groups is 2. The molecule has 2 amide bonds. The average Bonchev–Trinajstić information content (AvgIpc) is 3.44. The zero-order chi connectivity index (χ0) is 19.3. The zero-order valence-electron chi connectivity index (χ0n) is 16.4. The van der Waals surface area contributed by atoms with Crippen molar-refractivity contribution in [3.05, 3.63) is 18.0 Å². The second-order valence-electron chi connectivity index (χ2n) is 8.42. The molecular weight excluding hydrogens is 358 g/mol. The first kappa shape index (κ1) is 19.4. The van der Waals surface area contributed by atoms with Crippen molar-refractivity contribution >= 4 is 11.8 Å². The molecule has 3 heterocycles. The van der Waals surface area contributed by atoms with E-state index in [-0.39, 0.29) is 23.8 Å². The van der Waals surface area contributed by atoms with E-state index in [0.717, 1.165) is 58.5 Å². The Morgan fingerprint density at radius 2 is 1.96 bits per heavy atom. The minimum Gasteiger partial charge on any atom is -0.381 e. The van der Waals surface area contributed by atoms with Crippen molar-refractivity contribution in [2.75, 3.05) is 32.8 Å². The number of hydrogen-bond donors (Lipinski definition) is 3. The predicted octanol–water partition coefficient (Wildman–Crippen LogP) is 0.925. The molecule has 1 saturated carbocycles. The van der Waals surface area contributed by atoms with Crippen molar-refractivity contribution in [1.82, 2.24) is 25.7 Å². The molecule has 154 valence electrons. The number of aromatic nitrogens is 2. The number of ether oxygens (including phenoxy) is 1. The first-order valence-electron chi connectivity index (χ1n) is 10.6. The van der Waals surface area contributed by atoms with Gasteiger partial charge in [-0.15, -0.1) is 0 Å². The van der Waals surface area contributed by atoms with Crippen molar-refractivity contribution < 1.29 is 14.3 Å². The third-order valence-corrected chi connectivity index (χ3v) is 6.21. The van der Waals surface area contributed by atoms with Crippen LogP contribution in [0.5, 0.6) is 0 Å². The molecule has 3 aliphatic rings. The topological polar surface area (TPSA) is 99.3 Å². The second kappa shape index (κ2) is 9.05. The molecule has 2 atom stereocenters. The number of aromatic amines is 1. The molecule has 4 rings (SSSR count). The van der Waals surface area contributed by atoms with Gasteiger partial charge in [0.2, 0.25) is 5.91 Å². The van der Waals surface area contributed by atoms with Crippen LogP contribution in [0, 0.1) is 11.8 Å². The van der Waals surface area contributed by atoms with Crippen LogP contribution in [-0.2, 0) is 9.53 Å². The van der Waals surface area contributed by atoms with Crippen LogP contribution in [0.2, 0.25) is 0 Å². The summed E-state index contributed by atoms with van der Waals surface area (Å²) in [5.41, 5.74) is 0.542. The monoisotopic (exact) mass is 389 g/mol. The highest BCUT2D eigenvalue weighted by Gasteiger charge is 2.34. The summed E-state index contributed by atoms with van der Waals surface area (Å²) in [6.45, 7) is 3.89. The minimum absolute atomic E-state index is 0.0163. The third kappa shape index (κ3) is 5.11. The lowest BCUT2D eigenvalue weighted by Gasteiger charge is -2.36. The molecule has 1 aromatic rings. The van der Waals surface area contributed by atoms with Gasteiger partial charge in [-0.1, -0.05) is 0 Å².